The second kappa shape index (κ2) is 5.83. The number of fused-ring (bicyclic) bond motifs is 2. The molecule has 2 bridgehead atoms. The van der Waals surface area contributed by atoms with Crippen molar-refractivity contribution in [3.63, 3.8) is 0 Å². The van der Waals surface area contributed by atoms with E-state index in [9.17, 15) is 9.59 Å². The molecule has 6 nitrogen and oxygen atoms in total. The SMILES string of the molecule is COC1CCN(C(=O)N2C3CCC2CC(CC(=O)O)C3)C1. The monoisotopic (exact) mass is 296 g/mol. The number of piperidine rings is 1. The van der Waals surface area contributed by atoms with Crippen molar-refractivity contribution in [2.24, 2.45) is 5.92 Å². The van der Waals surface area contributed by atoms with E-state index in [4.69, 9.17) is 9.84 Å². The van der Waals surface area contributed by atoms with Crippen LogP contribution in [0.1, 0.15) is 38.5 Å². The average Bonchev–Trinajstić information content (AvgIpc) is 3.01. The molecule has 3 aliphatic heterocycles. The molecule has 0 saturated carbocycles. The van der Waals surface area contributed by atoms with Crippen molar-refractivity contribution in [3.05, 3.63) is 0 Å². The van der Waals surface area contributed by atoms with Crippen LogP contribution in [-0.2, 0) is 9.53 Å². The number of aliphatic carboxylic acids is 1. The van der Waals surface area contributed by atoms with Crippen molar-refractivity contribution in [2.45, 2.75) is 56.7 Å². The molecule has 1 N–H and O–H groups in total. The molecule has 3 heterocycles. The first-order valence-electron chi connectivity index (χ1n) is 7.90. The largest absolute Gasteiger partial charge is 0.481 e. The molecule has 6 heteroatoms. The number of hydrogen-bond acceptors (Lipinski definition) is 3. The Hall–Kier alpha value is -1.30. The second-order valence-corrected chi connectivity index (χ2v) is 6.60. The molecule has 0 aromatic heterocycles. The lowest BCUT2D eigenvalue weighted by Gasteiger charge is -2.40. The molecule has 0 radical (unpaired) electrons. The van der Waals surface area contributed by atoms with Gasteiger partial charge in [-0.25, -0.2) is 4.79 Å². The van der Waals surface area contributed by atoms with Crippen LogP contribution in [0.15, 0.2) is 0 Å². The normalized spacial score (nSPS) is 35.3. The van der Waals surface area contributed by atoms with Gasteiger partial charge in [-0.05, 0) is 38.0 Å². The van der Waals surface area contributed by atoms with Gasteiger partial charge in [-0.2, -0.15) is 0 Å². The smallest absolute Gasteiger partial charge is 0.320 e. The van der Waals surface area contributed by atoms with Gasteiger partial charge in [-0.3, -0.25) is 4.79 Å². The molecule has 0 aromatic rings. The summed E-state index contributed by atoms with van der Waals surface area (Å²) >= 11 is 0. The summed E-state index contributed by atoms with van der Waals surface area (Å²) in [5, 5.41) is 8.96. The zero-order valence-electron chi connectivity index (χ0n) is 12.5. The summed E-state index contributed by atoms with van der Waals surface area (Å²) < 4.78 is 5.33. The van der Waals surface area contributed by atoms with Gasteiger partial charge in [0.1, 0.15) is 0 Å². The van der Waals surface area contributed by atoms with E-state index < -0.39 is 5.97 Å². The van der Waals surface area contributed by atoms with Crippen molar-refractivity contribution >= 4 is 12.0 Å². The van der Waals surface area contributed by atoms with Crippen LogP contribution in [0.25, 0.3) is 0 Å². The van der Waals surface area contributed by atoms with Gasteiger partial charge in [-0.15, -0.1) is 0 Å². The van der Waals surface area contributed by atoms with Gasteiger partial charge in [0.2, 0.25) is 0 Å². The molecule has 3 unspecified atom stereocenters. The number of carboxylic acid groups (broad SMARTS) is 1. The number of amides is 2. The highest BCUT2D eigenvalue weighted by molar-refractivity contribution is 5.76. The highest BCUT2D eigenvalue weighted by atomic mass is 16.5. The zero-order valence-corrected chi connectivity index (χ0v) is 12.5. The summed E-state index contributed by atoms with van der Waals surface area (Å²) in [5.41, 5.74) is 0. The number of likely N-dealkylation sites (tertiary alicyclic amines) is 1. The maximum Gasteiger partial charge on any atom is 0.320 e. The number of rotatable bonds is 3. The zero-order chi connectivity index (χ0) is 15.0. The van der Waals surface area contributed by atoms with E-state index in [1.807, 2.05) is 9.80 Å². The third kappa shape index (κ3) is 2.86. The molecule has 0 spiro atoms. The highest BCUT2D eigenvalue weighted by Gasteiger charge is 2.45. The van der Waals surface area contributed by atoms with Crippen LogP contribution in [0.5, 0.6) is 0 Å². The maximum absolute atomic E-state index is 12.7. The molecular formula is C15H24N2O4. The quantitative estimate of drug-likeness (QED) is 0.857. The molecule has 3 atom stereocenters. The van der Waals surface area contributed by atoms with E-state index in [1.54, 1.807) is 7.11 Å². The number of carboxylic acids is 1. The lowest BCUT2D eigenvalue weighted by molar-refractivity contribution is -0.138. The number of urea groups is 1. The van der Waals surface area contributed by atoms with Crippen LogP contribution in [0, 0.1) is 5.92 Å². The van der Waals surface area contributed by atoms with Crippen LogP contribution in [0.3, 0.4) is 0 Å². The van der Waals surface area contributed by atoms with Crippen LogP contribution in [0.2, 0.25) is 0 Å². The van der Waals surface area contributed by atoms with Gasteiger partial charge in [0.15, 0.2) is 0 Å². The van der Waals surface area contributed by atoms with Gasteiger partial charge < -0.3 is 19.6 Å². The lowest BCUT2D eigenvalue weighted by atomic mass is 9.88. The van der Waals surface area contributed by atoms with E-state index in [0.29, 0.717) is 6.54 Å². The highest BCUT2D eigenvalue weighted by Crippen LogP contribution is 2.40. The van der Waals surface area contributed by atoms with Gasteiger partial charge in [0.25, 0.3) is 0 Å². The van der Waals surface area contributed by atoms with Crippen LogP contribution >= 0.6 is 0 Å². The number of hydrogen-bond donors (Lipinski definition) is 1. The Labute approximate surface area is 125 Å². The number of methoxy groups -OCH3 is 1. The minimum Gasteiger partial charge on any atom is -0.481 e. The summed E-state index contributed by atoms with van der Waals surface area (Å²) in [5.74, 6) is -0.490. The van der Waals surface area contributed by atoms with Crippen LogP contribution in [-0.4, -0.2) is 65.3 Å². The van der Waals surface area contributed by atoms with E-state index in [-0.39, 0.29) is 36.6 Å². The summed E-state index contributed by atoms with van der Waals surface area (Å²) in [6, 6.07) is 0.611. The molecule has 2 amide bonds. The third-order valence-electron chi connectivity index (χ3n) is 5.26. The topological polar surface area (TPSA) is 70.1 Å². The molecule has 21 heavy (non-hydrogen) atoms. The van der Waals surface area contributed by atoms with Gasteiger partial charge >= 0.3 is 12.0 Å². The minimum absolute atomic E-state index is 0.135. The van der Waals surface area contributed by atoms with Crippen LogP contribution in [0.4, 0.5) is 4.79 Å². The fourth-order valence-corrected chi connectivity index (χ4v) is 4.27. The van der Waals surface area contributed by atoms with E-state index in [0.717, 1.165) is 38.6 Å². The number of carbonyl (C=O) groups excluding carboxylic acids is 1. The van der Waals surface area contributed by atoms with Crippen molar-refractivity contribution in [2.75, 3.05) is 20.2 Å². The molecule has 3 saturated heterocycles. The summed E-state index contributed by atoms with van der Waals surface area (Å²) in [6.07, 6.45) is 5.04. The van der Waals surface area contributed by atoms with Crippen molar-refractivity contribution in [3.8, 4) is 0 Å². The summed E-state index contributed by atoms with van der Waals surface area (Å²) in [6.45, 7) is 1.45. The molecule has 3 aliphatic rings. The first kappa shape index (κ1) is 14.6. The van der Waals surface area contributed by atoms with Crippen molar-refractivity contribution < 1.29 is 19.4 Å². The number of ether oxygens (including phenoxy) is 1. The standard InChI is InChI=1S/C15H24N2O4/c1-21-13-4-5-16(9-13)15(20)17-11-2-3-12(17)7-10(6-11)8-14(18)19/h10-13H,2-9H2,1H3,(H,18,19). The number of nitrogens with zero attached hydrogens (tertiary/aromatic N) is 2. The lowest BCUT2D eigenvalue weighted by Crippen LogP contribution is -2.52. The van der Waals surface area contributed by atoms with Gasteiger partial charge in [-0.1, -0.05) is 0 Å². The molecular weight excluding hydrogens is 272 g/mol. The molecule has 0 aliphatic carbocycles. The minimum atomic E-state index is -0.721. The Morgan fingerprint density at radius 1 is 1.19 bits per heavy atom. The molecule has 0 aromatic carbocycles. The first-order valence-corrected chi connectivity index (χ1v) is 7.90. The van der Waals surface area contributed by atoms with E-state index >= 15 is 0 Å². The molecule has 3 fully saturated rings. The van der Waals surface area contributed by atoms with Crippen molar-refractivity contribution in [1.82, 2.24) is 9.80 Å². The Kier molecular flexibility index (Phi) is 4.06. The summed E-state index contributed by atoms with van der Waals surface area (Å²) in [7, 11) is 1.69. The molecule has 118 valence electrons. The van der Waals surface area contributed by atoms with Gasteiger partial charge in [0.05, 0.1) is 6.10 Å². The Bertz CT molecular complexity index is 414. The Morgan fingerprint density at radius 3 is 2.38 bits per heavy atom. The average molecular weight is 296 g/mol. The predicted molar refractivity (Wildman–Crippen MR) is 76.0 cm³/mol. The fraction of sp³-hybridized carbons (Fsp3) is 0.867. The van der Waals surface area contributed by atoms with Crippen LogP contribution < -0.4 is 0 Å². The Balaban J connectivity index is 1.62. The fourth-order valence-electron chi connectivity index (χ4n) is 4.27. The van der Waals surface area contributed by atoms with E-state index in [2.05, 4.69) is 0 Å². The Morgan fingerprint density at radius 2 is 1.86 bits per heavy atom. The van der Waals surface area contributed by atoms with Crippen molar-refractivity contribution in [1.29, 1.82) is 0 Å². The predicted octanol–water partition coefficient (Wildman–Crippen LogP) is 1.54. The third-order valence-corrected chi connectivity index (χ3v) is 5.26. The van der Waals surface area contributed by atoms with E-state index in [1.165, 1.54) is 0 Å². The second-order valence-electron chi connectivity index (χ2n) is 6.60. The first-order chi connectivity index (χ1) is 10.1. The maximum atomic E-state index is 12.7. The number of carbonyl (C=O) groups is 2. The summed E-state index contributed by atoms with van der Waals surface area (Å²) in [4.78, 5) is 27.6. The van der Waals surface area contributed by atoms with Gasteiger partial charge in [0, 0.05) is 38.7 Å². The molecule has 3 rings (SSSR count).